The molecule has 0 aliphatic rings. The van der Waals surface area contributed by atoms with Gasteiger partial charge in [0.1, 0.15) is 6.54 Å². The van der Waals surface area contributed by atoms with Gasteiger partial charge in [-0.3, -0.25) is 19.1 Å². The fourth-order valence-corrected chi connectivity index (χ4v) is 2.85. The van der Waals surface area contributed by atoms with Gasteiger partial charge in [0.25, 0.3) is 5.56 Å². The van der Waals surface area contributed by atoms with Gasteiger partial charge in [0.05, 0.1) is 6.04 Å². The zero-order chi connectivity index (χ0) is 18.5. The van der Waals surface area contributed by atoms with Crippen LogP contribution in [-0.2, 0) is 11.3 Å². The fourth-order valence-electron chi connectivity index (χ4n) is 2.59. The summed E-state index contributed by atoms with van der Waals surface area (Å²) in [7, 11) is 0. The van der Waals surface area contributed by atoms with Gasteiger partial charge < -0.3 is 5.32 Å². The number of carbonyl (C=O) groups is 1. The van der Waals surface area contributed by atoms with Crippen molar-refractivity contribution in [1.82, 2.24) is 14.9 Å². The van der Waals surface area contributed by atoms with E-state index in [4.69, 9.17) is 0 Å². The van der Waals surface area contributed by atoms with Gasteiger partial charge in [0.15, 0.2) is 0 Å². The van der Waals surface area contributed by atoms with Gasteiger partial charge in [0, 0.05) is 16.7 Å². The molecule has 1 heterocycles. The summed E-state index contributed by atoms with van der Waals surface area (Å²) in [4.78, 5) is 37.5. The van der Waals surface area contributed by atoms with Crippen LogP contribution >= 0.6 is 15.9 Å². The monoisotopic (exact) mass is 413 g/mol. The zero-order valence-corrected chi connectivity index (χ0v) is 15.3. The van der Waals surface area contributed by atoms with E-state index in [0.717, 1.165) is 20.2 Å². The molecule has 0 saturated heterocycles. The minimum Gasteiger partial charge on any atom is -0.344 e. The van der Waals surface area contributed by atoms with Crippen LogP contribution in [0, 0.1) is 0 Å². The summed E-state index contributed by atoms with van der Waals surface area (Å²) in [6.07, 6.45) is 1.30. The molecule has 132 valence electrons. The molecule has 0 bridgehead atoms. The predicted octanol–water partition coefficient (Wildman–Crippen LogP) is 2.20. The summed E-state index contributed by atoms with van der Waals surface area (Å²) < 4.78 is 2.10. The Morgan fingerprint density at radius 3 is 2.31 bits per heavy atom. The molecule has 1 amide bonds. The number of rotatable bonds is 5. The van der Waals surface area contributed by atoms with Crippen molar-refractivity contribution in [1.29, 1.82) is 0 Å². The average Bonchev–Trinajstić information content (AvgIpc) is 2.64. The molecule has 2 N–H and O–H groups in total. The molecule has 0 radical (unpaired) electrons. The SMILES string of the molecule is O=C(Cn1ccc(=O)[nH]c1=O)NC(c1ccccc1)c1ccc(Br)cc1. The second-order valence-electron chi connectivity index (χ2n) is 5.70. The molecule has 6 nitrogen and oxygen atoms in total. The standard InChI is InChI=1S/C19H16BrN3O3/c20-15-8-6-14(7-9-15)18(13-4-2-1-3-5-13)21-17(25)12-23-11-10-16(24)22-19(23)26/h1-11,18H,12H2,(H,21,25)(H,22,24,26). The molecule has 26 heavy (non-hydrogen) atoms. The normalized spacial score (nSPS) is 11.7. The molecule has 0 saturated carbocycles. The minimum atomic E-state index is -0.618. The van der Waals surface area contributed by atoms with Crippen LogP contribution in [0.2, 0.25) is 0 Å². The average molecular weight is 414 g/mol. The maximum absolute atomic E-state index is 12.5. The third kappa shape index (κ3) is 4.37. The van der Waals surface area contributed by atoms with Crippen LogP contribution in [-0.4, -0.2) is 15.5 Å². The lowest BCUT2D eigenvalue weighted by molar-refractivity contribution is -0.122. The highest BCUT2D eigenvalue weighted by Crippen LogP contribution is 2.23. The lowest BCUT2D eigenvalue weighted by atomic mass is 9.99. The number of nitrogens with one attached hydrogen (secondary N) is 2. The summed E-state index contributed by atoms with van der Waals surface area (Å²) in [5, 5.41) is 2.95. The van der Waals surface area contributed by atoms with Gasteiger partial charge in [0.2, 0.25) is 5.91 Å². The van der Waals surface area contributed by atoms with Crippen LogP contribution in [0.5, 0.6) is 0 Å². The number of amides is 1. The molecular weight excluding hydrogens is 398 g/mol. The summed E-state index contributed by atoms with van der Waals surface area (Å²) in [6, 6.07) is 18.1. The van der Waals surface area contributed by atoms with E-state index in [1.54, 1.807) is 0 Å². The van der Waals surface area contributed by atoms with Crippen molar-refractivity contribution in [3.63, 3.8) is 0 Å². The first-order chi connectivity index (χ1) is 12.5. The lowest BCUT2D eigenvalue weighted by Crippen LogP contribution is -2.37. The van der Waals surface area contributed by atoms with Gasteiger partial charge in [-0.05, 0) is 23.3 Å². The van der Waals surface area contributed by atoms with Crippen LogP contribution in [0.4, 0.5) is 0 Å². The number of H-pyrrole nitrogens is 1. The van der Waals surface area contributed by atoms with Gasteiger partial charge in [-0.15, -0.1) is 0 Å². The van der Waals surface area contributed by atoms with Crippen LogP contribution in [0.1, 0.15) is 17.2 Å². The number of hydrogen-bond acceptors (Lipinski definition) is 3. The maximum atomic E-state index is 12.5. The van der Waals surface area contributed by atoms with Crippen molar-refractivity contribution in [2.75, 3.05) is 0 Å². The van der Waals surface area contributed by atoms with E-state index in [2.05, 4.69) is 26.2 Å². The van der Waals surface area contributed by atoms with E-state index in [9.17, 15) is 14.4 Å². The molecule has 0 fully saturated rings. The quantitative estimate of drug-likeness (QED) is 0.672. The predicted molar refractivity (Wildman–Crippen MR) is 102 cm³/mol. The Kier molecular flexibility index (Phi) is 5.48. The van der Waals surface area contributed by atoms with Crippen molar-refractivity contribution >= 4 is 21.8 Å². The first-order valence-electron chi connectivity index (χ1n) is 7.92. The largest absolute Gasteiger partial charge is 0.344 e. The number of aromatic nitrogens is 2. The van der Waals surface area contributed by atoms with Gasteiger partial charge in [-0.2, -0.15) is 0 Å². The molecule has 0 aliphatic heterocycles. The first kappa shape index (κ1) is 17.9. The Morgan fingerprint density at radius 2 is 1.65 bits per heavy atom. The smallest absolute Gasteiger partial charge is 0.328 e. The lowest BCUT2D eigenvalue weighted by Gasteiger charge is -2.20. The van der Waals surface area contributed by atoms with Crippen molar-refractivity contribution in [2.45, 2.75) is 12.6 Å². The Balaban J connectivity index is 1.85. The third-order valence-electron chi connectivity index (χ3n) is 3.85. The number of hydrogen-bond donors (Lipinski definition) is 2. The second-order valence-corrected chi connectivity index (χ2v) is 6.62. The third-order valence-corrected chi connectivity index (χ3v) is 4.38. The molecule has 7 heteroatoms. The van der Waals surface area contributed by atoms with Crippen molar-refractivity contribution in [3.05, 3.63) is 103 Å². The molecule has 1 unspecified atom stereocenters. The highest BCUT2D eigenvalue weighted by Gasteiger charge is 2.17. The van der Waals surface area contributed by atoms with E-state index < -0.39 is 11.2 Å². The van der Waals surface area contributed by atoms with Crippen LogP contribution in [0.25, 0.3) is 0 Å². The summed E-state index contributed by atoms with van der Waals surface area (Å²) in [5.41, 5.74) is 0.731. The van der Waals surface area contributed by atoms with Gasteiger partial charge >= 0.3 is 5.69 Å². The number of nitrogens with zero attached hydrogens (tertiary/aromatic N) is 1. The van der Waals surface area contributed by atoms with Gasteiger partial charge in [-0.25, -0.2) is 4.79 Å². The van der Waals surface area contributed by atoms with Crippen molar-refractivity contribution < 1.29 is 4.79 Å². The van der Waals surface area contributed by atoms with Crippen LogP contribution < -0.4 is 16.6 Å². The van der Waals surface area contributed by atoms with E-state index in [0.29, 0.717) is 0 Å². The van der Waals surface area contributed by atoms with E-state index in [-0.39, 0.29) is 18.5 Å². The molecule has 1 atom stereocenters. The number of aromatic amines is 1. The first-order valence-corrected chi connectivity index (χ1v) is 8.72. The highest BCUT2D eigenvalue weighted by molar-refractivity contribution is 9.10. The van der Waals surface area contributed by atoms with Crippen LogP contribution in [0.3, 0.4) is 0 Å². The molecule has 0 spiro atoms. The van der Waals surface area contributed by atoms with E-state index in [1.165, 1.54) is 12.3 Å². The highest BCUT2D eigenvalue weighted by atomic mass is 79.9. The van der Waals surface area contributed by atoms with E-state index >= 15 is 0 Å². The fraction of sp³-hybridized carbons (Fsp3) is 0.105. The molecule has 3 rings (SSSR count). The second kappa shape index (κ2) is 7.97. The molecule has 3 aromatic rings. The van der Waals surface area contributed by atoms with Gasteiger partial charge in [-0.1, -0.05) is 58.4 Å². The Hall–Kier alpha value is -2.93. The zero-order valence-electron chi connectivity index (χ0n) is 13.7. The number of carbonyl (C=O) groups excluding carboxylic acids is 1. The van der Waals surface area contributed by atoms with Crippen molar-refractivity contribution in [3.8, 4) is 0 Å². The van der Waals surface area contributed by atoms with E-state index in [1.807, 2.05) is 54.6 Å². The van der Waals surface area contributed by atoms with Crippen LogP contribution in [0.15, 0.2) is 80.9 Å². The molecular formula is C19H16BrN3O3. The molecule has 1 aromatic heterocycles. The Bertz CT molecular complexity index is 1010. The van der Waals surface area contributed by atoms with Crippen molar-refractivity contribution in [2.24, 2.45) is 0 Å². The molecule has 2 aromatic carbocycles. The summed E-state index contributed by atoms with van der Waals surface area (Å²) >= 11 is 3.41. The maximum Gasteiger partial charge on any atom is 0.328 e. The Morgan fingerprint density at radius 1 is 1.00 bits per heavy atom. The minimum absolute atomic E-state index is 0.185. The summed E-state index contributed by atoms with van der Waals surface area (Å²) in [6.45, 7) is -0.185. The molecule has 0 aliphatic carbocycles. The Labute approximate surface area is 157 Å². The number of halogens is 1. The topological polar surface area (TPSA) is 84.0 Å². The number of benzene rings is 2. The summed E-state index contributed by atoms with van der Waals surface area (Å²) in [5.74, 6) is -0.337.